The van der Waals surface area contributed by atoms with Crippen molar-refractivity contribution in [3.8, 4) is 0 Å². The highest BCUT2D eigenvalue weighted by molar-refractivity contribution is 6.43. The molecule has 2 N–H and O–H groups in total. The van der Waals surface area contributed by atoms with Crippen molar-refractivity contribution in [2.75, 3.05) is 0 Å². The summed E-state index contributed by atoms with van der Waals surface area (Å²) in [5.41, 5.74) is 3.90. The molecular formula is C11H15BO2. The summed E-state index contributed by atoms with van der Waals surface area (Å²) in [5, 5.41) is 18.3. The fourth-order valence-electron chi connectivity index (χ4n) is 2.17. The van der Waals surface area contributed by atoms with E-state index in [4.69, 9.17) is 10.0 Å². The van der Waals surface area contributed by atoms with Crippen LogP contribution >= 0.6 is 0 Å². The Bertz CT molecular complexity index is 336. The Morgan fingerprint density at radius 3 is 2.79 bits per heavy atom. The minimum Gasteiger partial charge on any atom is -0.427 e. The van der Waals surface area contributed by atoms with Gasteiger partial charge in [-0.05, 0) is 43.1 Å². The first-order chi connectivity index (χ1) is 6.66. The number of fused-ring (bicyclic) bond motifs is 1. The summed E-state index contributed by atoms with van der Waals surface area (Å²) in [6.45, 7) is 2.07. The molecule has 0 saturated heterocycles. The van der Waals surface area contributed by atoms with E-state index < -0.39 is 7.12 Å². The van der Waals surface area contributed by atoms with E-state index in [1.807, 2.05) is 0 Å². The second kappa shape index (κ2) is 3.75. The maximum atomic E-state index is 9.13. The Morgan fingerprint density at radius 2 is 2.07 bits per heavy atom. The predicted molar refractivity (Wildman–Crippen MR) is 57.1 cm³/mol. The van der Waals surface area contributed by atoms with Crippen molar-refractivity contribution < 1.29 is 10.0 Å². The molecule has 0 amide bonds. The van der Waals surface area contributed by atoms with E-state index in [9.17, 15) is 0 Å². The van der Waals surface area contributed by atoms with Crippen LogP contribution in [0, 0.1) is 6.92 Å². The van der Waals surface area contributed by atoms with E-state index in [1.165, 1.54) is 16.7 Å². The predicted octanol–water partition coefficient (Wildman–Crippen LogP) is 1.33. The highest BCUT2D eigenvalue weighted by atomic mass is 16.4. The van der Waals surface area contributed by atoms with Crippen molar-refractivity contribution >= 4 is 7.12 Å². The van der Waals surface area contributed by atoms with Crippen molar-refractivity contribution in [3.05, 3.63) is 34.9 Å². The number of aryl methyl sites for hydroxylation is 2. The van der Waals surface area contributed by atoms with Crippen molar-refractivity contribution in [1.29, 1.82) is 0 Å². The molecule has 0 spiro atoms. The number of hydrogen-bond donors (Lipinski definition) is 2. The first kappa shape index (κ1) is 9.75. The zero-order valence-electron chi connectivity index (χ0n) is 8.40. The number of rotatable bonds is 1. The SMILES string of the molecule is Cc1ccc2c(c1)C[C@H](B(O)O)CC2. The van der Waals surface area contributed by atoms with Crippen LogP contribution in [-0.2, 0) is 12.8 Å². The fourth-order valence-corrected chi connectivity index (χ4v) is 2.17. The maximum absolute atomic E-state index is 9.13. The summed E-state index contributed by atoms with van der Waals surface area (Å²) < 4.78 is 0. The van der Waals surface area contributed by atoms with Crippen molar-refractivity contribution in [1.82, 2.24) is 0 Å². The zero-order valence-corrected chi connectivity index (χ0v) is 8.40. The average molecular weight is 190 g/mol. The van der Waals surface area contributed by atoms with Crippen LogP contribution in [0.25, 0.3) is 0 Å². The van der Waals surface area contributed by atoms with Gasteiger partial charge in [0.2, 0.25) is 0 Å². The van der Waals surface area contributed by atoms with E-state index in [0.717, 1.165) is 19.3 Å². The molecule has 1 aromatic carbocycles. The van der Waals surface area contributed by atoms with E-state index in [1.54, 1.807) is 0 Å². The molecule has 1 aliphatic rings. The minimum atomic E-state index is -1.16. The highest BCUT2D eigenvalue weighted by Gasteiger charge is 2.27. The van der Waals surface area contributed by atoms with Crippen LogP contribution in [0.15, 0.2) is 18.2 Å². The zero-order chi connectivity index (χ0) is 10.1. The Hall–Kier alpha value is -0.795. The van der Waals surface area contributed by atoms with Gasteiger partial charge in [0.05, 0.1) is 0 Å². The molecular weight excluding hydrogens is 175 g/mol. The number of benzene rings is 1. The van der Waals surface area contributed by atoms with Crippen LogP contribution in [0.3, 0.4) is 0 Å². The van der Waals surface area contributed by atoms with Gasteiger partial charge in [0.15, 0.2) is 0 Å². The Kier molecular flexibility index (Phi) is 2.61. The standard InChI is InChI=1S/C11H15BO2/c1-8-2-3-9-4-5-11(12(13)14)7-10(9)6-8/h2-3,6,11,13-14H,4-5,7H2,1H3/t11-/m1/s1. The van der Waals surface area contributed by atoms with Gasteiger partial charge in [0, 0.05) is 0 Å². The van der Waals surface area contributed by atoms with Crippen LogP contribution in [0.4, 0.5) is 0 Å². The monoisotopic (exact) mass is 190 g/mol. The smallest absolute Gasteiger partial charge is 0.427 e. The van der Waals surface area contributed by atoms with E-state index >= 15 is 0 Å². The molecule has 0 fully saturated rings. The molecule has 1 aromatic rings. The Balaban J connectivity index is 2.24. The summed E-state index contributed by atoms with van der Waals surface area (Å²) >= 11 is 0. The minimum absolute atomic E-state index is 0.0179. The topological polar surface area (TPSA) is 40.5 Å². The van der Waals surface area contributed by atoms with E-state index in [2.05, 4.69) is 25.1 Å². The molecule has 2 rings (SSSR count). The molecule has 0 aromatic heterocycles. The lowest BCUT2D eigenvalue weighted by atomic mass is 9.64. The summed E-state index contributed by atoms with van der Waals surface area (Å²) in [7, 11) is -1.16. The third-order valence-corrected chi connectivity index (χ3v) is 3.05. The third kappa shape index (κ3) is 1.84. The molecule has 1 atom stereocenters. The van der Waals surface area contributed by atoms with Gasteiger partial charge in [-0.15, -0.1) is 0 Å². The molecule has 14 heavy (non-hydrogen) atoms. The van der Waals surface area contributed by atoms with Crippen LogP contribution < -0.4 is 0 Å². The number of hydrogen-bond acceptors (Lipinski definition) is 2. The van der Waals surface area contributed by atoms with E-state index in [0.29, 0.717) is 0 Å². The summed E-state index contributed by atoms with van der Waals surface area (Å²) in [6.07, 6.45) is 2.65. The molecule has 1 aliphatic carbocycles. The van der Waals surface area contributed by atoms with Gasteiger partial charge in [-0.2, -0.15) is 0 Å². The molecule has 3 heteroatoms. The fraction of sp³-hybridized carbons (Fsp3) is 0.455. The molecule has 0 unspecified atom stereocenters. The van der Waals surface area contributed by atoms with Crippen molar-refractivity contribution in [2.45, 2.75) is 32.0 Å². The molecule has 74 valence electrons. The second-order valence-electron chi connectivity index (χ2n) is 4.19. The van der Waals surface area contributed by atoms with Gasteiger partial charge in [-0.1, -0.05) is 23.8 Å². The Morgan fingerprint density at radius 1 is 1.29 bits per heavy atom. The summed E-state index contributed by atoms with van der Waals surface area (Å²) in [5.74, 6) is 0.0179. The van der Waals surface area contributed by atoms with Gasteiger partial charge in [-0.3, -0.25) is 0 Å². The third-order valence-electron chi connectivity index (χ3n) is 3.05. The molecule has 0 bridgehead atoms. The van der Waals surface area contributed by atoms with Crippen LogP contribution in [0.2, 0.25) is 5.82 Å². The lowest BCUT2D eigenvalue weighted by molar-refractivity contribution is 0.374. The average Bonchev–Trinajstić information content (AvgIpc) is 2.16. The van der Waals surface area contributed by atoms with Gasteiger partial charge in [0.25, 0.3) is 0 Å². The quantitative estimate of drug-likeness (QED) is 0.655. The molecule has 0 radical (unpaired) electrons. The highest BCUT2D eigenvalue weighted by Crippen LogP contribution is 2.30. The van der Waals surface area contributed by atoms with E-state index in [-0.39, 0.29) is 5.82 Å². The van der Waals surface area contributed by atoms with Crippen molar-refractivity contribution in [3.63, 3.8) is 0 Å². The lowest BCUT2D eigenvalue weighted by Crippen LogP contribution is -2.25. The lowest BCUT2D eigenvalue weighted by Gasteiger charge is -2.24. The molecule has 0 aliphatic heterocycles. The molecule has 0 heterocycles. The van der Waals surface area contributed by atoms with Crippen LogP contribution in [-0.4, -0.2) is 17.2 Å². The second-order valence-corrected chi connectivity index (χ2v) is 4.19. The normalized spacial score (nSPS) is 20.4. The van der Waals surface area contributed by atoms with Crippen LogP contribution in [0.5, 0.6) is 0 Å². The van der Waals surface area contributed by atoms with Gasteiger partial charge >= 0.3 is 7.12 Å². The largest absolute Gasteiger partial charge is 0.455 e. The Labute approximate surface area is 84.7 Å². The summed E-state index contributed by atoms with van der Waals surface area (Å²) in [4.78, 5) is 0. The first-order valence-corrected chi connectivity index (χ1v) is 5.11. The van der Waals surface area contributed by atoms with Crippen molar-refractivity contribution in [2.24, 2.45) is 0 Å². The first-order valence-electron chi connectivity index (χ1n) is 5.11. The van der Waals surface area contributed by atoms with Crippen LogP contribution in [0.1, 0.15) is 23.1 Å². The van der Waals surface area contributed by atoms with Gasteiger partial charge < -0.3 is 10.0 Å². The van der Waals surface area contributed by atoms with Gasteiger partial charge in [0.1, 0.15) is 0 Å². The maximum Gasteiger partial charge on any atom is 0.455 e. The van der Waals surface area contributed by atoms with Gasteiger partial charge in [-0.25, -0.2) is 0 Å². The molecule has 2 nitrogen and oxygen atoms in total. The summed E-state index contributed by atoms with van der Waals surface area (Å²) in [6, 6.07) is 6.43. The molecule has 0 saturated carbocycles.